The zero-order valence-electron chi connectivity index (χ0n) is 11.2. The second-order valence-electron chi connectivity index (χ2n) is 4.97. The van der Waals surface area contributed by atoms with Gasteiger partial charge in [0.15, 0.2) is 0 Å². The van der Waals surface area contributed by atoms with Crippen LogP contribution in [0, 0.1) is 18.3 Å². The number of para-hydroxylation sites is 1. The van der Waals surface area contributed by atoms with Crippen molar-refractivity contribution in [2.45, 2.75) is 32.2 Å². The van der Waals surface area contributed by atoms with Crippen LogP contribution in [0.15, 0.2) is 24.3 Å². The van der Waals surface area contributed by atoms with E-state index in [1.807, 2.05) is 31.2 Å². The number of benzene rings is 1. The van der Waals surface area contributed by atoms with Crippen LogP contribution in [0.4, 0.5) is 5.69 Å². The van der Waals surface area contributed by atoms with Crippen LogP contribution < -0.4 is 5.32 Å². The van der Waals surface area contributed by atoms with Gasteiger partial charge < -0.3 is 5.32 Å². The number of carbonyl (C=O) groups excluding carboxylic acids is 1. The molecule has 1 aromatic rings. The third-order valence-electron chi connectivity index (χ3n) is 3.34. The minimum absolute atomic E-state index is 0.000796. The number of amides is 1. The second kappa shape index (κ2) is 6.35. The van der Waals surface area contributed by atoms with Crippen molar-refractivity contribution in [3.05, 3.63) is 29.8 Å². The molecule has 1 aromatic carbocycles. The van der Waals surface area contributed by atoms with Crippen LogP contribution in [0.3, 0.4) is 0 Å². The van der Waals surface area contributed by atoms with E-state index in [-0.39, 0.29) is 5.91 Å². The van der Waals surface area contributed by atoms with E-state index in [1.165, 1.54) is 0 Å². The van der Waals surface area contributed by atoms with Gasteiger partial charge in [0.1, 0.15) is 0 Å². The van der Waals surface area contributed by atoms with Gasteiger partial charge in [0.05, 0.1) is 12.6 Å². The van der Waals surface area contributed by atoms with Gasteiger partial charge in [-0.15, -0.1) is 0 Å². The van der Waals surface area contributed by atoms with E-state index >= 15 is 0 Å². The zero-order valence-corrected chi connectivity index (χ0v) is 11.2. The average Bonchev–Trinajstić information content (AvgIpc) is 3.21. The summed E-state index contributed by atoms with van der Waals surface area (Å²) in [6.45, 7) is 3.03. The van der Waals surface area contributed by atoms with Gasteiger partial charge in [-0.25, -0.2) is 0 Å². The predicted molar refractivity (Wildman–Crippen MR) is 74.6 cm³/mol. The van der Waals surface area contributed by atoms with Crippen molar-refractivity contribution in [2.75, 3.05) is 18.4 Å². The Bertz CT molecular complexity index is 488. The van der Waals surface area contributed by atoms with Crippen molar-refractivity contribution >= 4 is 11.6 Å². The molecule has 0 aromatic heterocycles. The molecule has 0 aliphatic heterocycles. The Morgan fingerprint density at radius 1 is 1.47 bits per heavy atom. The lowest BCUT2D eigenvalue weighted by atomic mass is 10.2. The van der Waals surface area contributed by atoms with Crippen molar-refractivity contribution < 1.29 is 4.79 Å². The van der Waals surface area contributed by atoms with E-state index in [0.29, 0.717) is 25.6 Å². The number of hydrogen-bond acceptors (Lipinski definition) is 3. The molecular weight excluding hydrogens is 238 g/mol. The smallest absolute Gasteiger partial charge is 0.238 e. The van der Waals surface area contributed by atoms with Gasteiger partial charge in [0.2, 0.25) is 5.91 Å². The highest BCUT2D eigenvalue weighted by Crippen LogP contribution is 2.26. The molecule has 1 amide bonds. The number of rotatable bonds is 6. The lowest BCUT2D eigenvalue weighted by molar-refractivity contribution is -0.117. The van der Waals surface area contributed by atoms with Gasteiger partial charge in [-0.05, 0) is 31.4 Å². The molecule has 0 radical (unpaired) electrons. The summed E-state index contributed by atoms with van der Waals surface area (Å²) < 4.78 is 0. The average molecular weight is 257 g/mol. The number of carbonyl (C=O) groups is 1. The molecule has 2 rings (SSSR count). The standard InChI is InChI=1S/C15H19N3O/c1-12-5-2-3-6-14(12)17-15(19)11-18(10-4-9-16)13-7-8-13/h2-3,5-6,13H,4,7-8,10-11H2,1H3,(H,17,19). The maximum atomic E-state index is 12.0. The maximum Gasteiger partial charge on any atom is 0.238 e. The molecule has 0 heterocycles. The number of aryl methyl sites for hydroxylation is 1. The van der Waals surface area contributed by atoms with Gasteiger partial charge in [0, 0.05) is 24.7 Å². The van der Waals surface area contributed by atoms with Gasteiger partial charge in [-0.3, -0.25) is 9.69 Å². The maximum absolute atomic E-state index is 12.0. The number of nitrogens with one attached hydrogen (secondary N) is 1. The molecule has 1 aliphatic carbocycles. The van der Waals surface area contributed by atoms with E-state index in [9.17, 15) is 4.79 Å². The van der Waals surface area contributed by atoms with Crippen LogP contribution in [0.2, 0.25) is 0 Å². The topological polar surface area (TPSA) is 56.1 Å². The number of nitriles is 1. The van der Waals surface area contributed by atoms with Crippen molar-refractivity contribution in [1.29, 1.82) is 5.26 Å². The Labute approximate surface area is 114 Å². The van der Waals surface area contributed by atoms with Crippen molar-refractivity contribution in [1.82, 2.24) is 4.90 Å². The third-order valence-corrected chi connectivity index (χ3v) is 3.34. The molecule has 0 bridgehead atoms. The lowest BCUT2D eigenvalue weighted by Crippen LogP contribution is -2.35. The third kappa shape index (κ3) is 4.08. The van der Waals surface area contributed by atoms with Crippen molar-refractivity contribution in [2.24, 2.45) is 0 Å². The molecule has 4 nitrogen and oxygen atoms in total. The highest BCUT2D eigenvalue weighted by Gasteiger charge is 2.29. The van der Waals surface area contributed by atoms with E-state index in [2.05, 4.69) is 16.3 Å². The first-order valence-corrected chi connectivity index (χ1v) is 6.67. The Morgan fingerprint density at radius 3 is 2.84 bits per heavy atom. The van der Waals surface area contributed by atoms with Crippen LogP contribution in [0.1, 0.15) is 24.8 Å². The van der Waals surface area contributed by atoms with Gasteiger partial charge in [-0.1, -0.05) is 18.2 Å². The fourth-order valence-electron chi connectivity index (χ4n) is 2.11. The first-order valence-electron chi connectivity index (χ1n) is 6.67. The molecule has 0 unspecified atom stereocenters. The largest absolute Gasteiger partial charge is 0.325 e. The molecule has 0 saturated heterocycles. The highest BCUT2D eigenvalue weighted by molar-refractivity contribution is 5.92. The fourth-order valence-corrected chi connectivity index (χ4v) is 2.11. The van der Waals surface area contributed by atoms with Gasteiger partial charge in [-0.2, -0.15) is 5.26 Å². The summed E-state index contributed by atoms with van der Waals surface area (Å²) in [6, 6.07) is 10.4. The van der Waals surface area contributed by atoms with E-state index in [4.69, 9.17) is 5.26 Å². The second-order valence-corrected chi connectivity index (χ2v) is 4.97. The Kier molecular flexibility index (Phi) is 4.53. The fraction of sp³-hybridized carbons (Fsp3) is 0.467. The molecule has 0 atom stereocenters. The highest BCUT2D eigenvalue weighted by atomic mass is 16.2. The molecule has 4 heteroatoms. The molecule has 1 N–H and O–H groups in total. The summed E-state index contributed by atoms with van der Waals surface area (Å²) >= 11 is 0. The quantitative estimate of drug-likeness (QED) is 0.850. The SMILES string of the molecule is Cc1ccccc1NC(=O)CN(CCC#N)C1CC1. The normalized spacial score (nSPS) is 14.2. The summed E-state index contributed by atoms with van der Waals surface area (Å²) in [4.78, 5) is 14.1. The Balaban J connectivity index is 1.89. The monoisotopic (exact) mass is 257 g/mol. The van der Waals surface area contributed by atoms with Crippen molar-refractivity contribution in [3.8, 4) is 6.07 Å². The molecule has 19 heavy (non-hydrogen) atoms. The van der Waals surface area contributed by atoms with Crippen LogP contribution in [-0.2, 0) is 4.79 Å². The summed E-state index contributed by atoms with van der Waals surface area (Å²) in [7, 11) is 0. The molecule has 1 fully saturated rings. The van der Waals surface area contributed by atoms with Crippen LogP contribution in [0.25, 0.3) is 0 Å². The van der Waals surface area contributed by atoms with Crippen LogP contribution in [-0.4, -0.2) is 29.9 Å². The minimum atomic E-state index is -0.000796. The van der Waals surface area contributed by atoms with Crippen LogP contribution in [0.5, 0.6) is 0 Å². The molecule has 1 aliphatic rings. The van der Waals surface area contributed by atoms with Crippen molar-refractivity contribution in [3.63, 3.8) is 0 Å². The van der Waals surface area contributed by atoms with Gasteiger partial charge in [0.25, 0.3) is 0 Å². The van der Waals surface area contributed by atoms with Crippen LogP contribution >= 0.6 is 0 Å². The summed E-state index contributed by atoms with van der Waals surface area (Å²) in [6.07, 6.45) is 2.76. The predicted octanol–water partition coefficient (Wildman–Crippen LogP) is 2.31. The number of nitrogens with zero attached hydrogens (tertiary/aromatic N) is 2. The number of anilines is 1. The Hall–Kier alpha value is -1.86. The first kappa shape index (κ1) is 13.6. The number of hydrogen-bond donors (Lipinski definition) is 1. The van der Waals surface area contributed by atoms with E-state index in [0.717, 1.165) is 24.1 Å². The zero-order chi connectivity index (χ0) is 13.7. The lowest BCUT2D eigenvalue weighted by Gasteiger charge is -2.20. The summed E-state index contributed by atoms with van der Waals surface area (Å²) in [5.74, 6) is -0.000796. The molecule has 100 valence electrons. The van der Waals surface area contributed by atoms with E-state index < -0.39 is 0 Å². The van der Waals surface area contributed by atoms with E-state index in [1.54, 1.807) is 0 Å². The Morgan fingerprint density at radius 2 is 2.21 bits per heavy atom. The summed E-state index contributed by atoms with van der Waals surface area (Å²) in [5, 5.41) is 11.6. The minimum Gasteiger partial charge on any atom is -0.325 e. The first-order chi connectivity index (χ1) is 9.20. The molecule has 0 spiro atoms. The summed E-state index contributed by atoms with van der Waals surface area (Å²) in [5.41, 5.74) is 1.93. The molecular formula is C15H19N3O. The molecule has 1 saturated carbocycles. The van der Waals surface area contributed by atoms with Gasteiger partial charge >= 0.3 is 0 Å².